The summed E-state index contributed by atoms with van der Waals surface area (Å²) in [6.45, 7) is 2.55. The lowest BCUT2D eigenvalue weighted by Crippen LogP contribution is -2.49. The highest BCUT2D eigenvalue weighted by Gasteiger charge is 2.36. The minimum absolute atomic E-state index is 0.0874. The molecule has 2 rings (SSSR count). The molecule has 16 heavy (non-hydrogen) atoms. The molecule has 2 heterocycles. The van der Waals surface area contributed by atoms with E-state index < -0.39 is 12.0 Å². The molecule has 0 bridgehead atoms. The number of hydrogen-bond acceptors (Lipinski definition) is 3. The van der Waals surface area contributed by atoms with Crippen LogP contribution in [0.15, 0.2) is 0 Å². The molecule has 2 saturated heterocycles. The minimum Gasteiger partial charge on any atom is -0.480 e. The van der Waals surface area contributed by atoms with Crippen molar-refractivity contribution in [1.29, 1.82) is 0 Å². The highest BCUT2D eigenvalue weighted by Crippen LogP contribution is 2.22. The largest absolute Gasteiger partial charge is 0.480 e. The van der Waals surface area contributed by atoms with Gasteiger partial charge in [0.15, 0.2) is 0 Å². The molecular weight excluding hydrogens is 206 g/mol. The molecule has 4 heteroatoms. The molecule has 0 radical (unpaired) electrons. The van der Waals surface area contributed by atoms with Gasteiger partial charge in [0.1, 0.15) is 6.04 Å². The Bertz CT molecular complexity index is 230. The third kappa shape index (κ3) is 2.74. The summed E-state index contributed by atoms with van der Waals surface area (Å²) in [4.78, 5) is 13.5. The smallest absolute Gasteiger partial charge is 0.323 e. The van der Waals surface area contributed by atoms with Gasteiger partial charge < -0.3 is 9.84 Å². The number of nitrogens with zero attached hydrogens (tertiary/aromatic N) is 1. The summed E-state index contributed by atoms with van der Waals surface area (Å²) in [7, 11) is 0. The molecular formula is C12H21NO3. The first kappa shape index (κ1) is 11.9. The first-order chi connectivity index (χ1) is 7.79. The Labute approximate surface area is 96.6 Å². The van der Waals surface area contributed by atoms with Gasteiger partial charge >= 0.3 is 5.97 Å². The Morgan fingerprint density at radius 2 is 1.88 bits per heavy atom. The highest BCUT2D eigenvalue weighted by atomic mass is 16.5. The van der Waals surface area contributed by atoms with Crippen LogP contribution in [-0.4, -0.2) is 47.8 Å². The molecule has 0 saturated carbocycles. The van der Waals surface area contributed by atoms with E-state index in [1.807, 2.05) is 0 Å². The zero-order valence-corrected chi connectivity index (χ0v) is 9.73. The summed E-state index contributed by atoms with van der Waals surface area (Å²) in [5.74, 6) is -0.714. The van der Waals surface area contributed by atoms with Gasteiger partial charge in [-0.05, 0) is 38.8 Å². The summed E-state index contributed by atoms with van der Waals surface area (Å²) in [5, 5.41) is 9.36. The fourth-order valence-electron chi connectivity index (χ4n) is 2.78. The maximum atomic E-state index is 11.4. The molecule has 2 unspecified atom stereocenters. The Morgan fingerprint density at radius 1 is 1.19 bits per heavy atom. The van der Waals surface area contributed by atoms with Gasteiger partial charge in [0.2, 0.25) is 0 Å². The lowest BCUT2D eigenvalue weighted by Gasteiger charge is -2.30. The van der Waals surface area contributed by atoms with E-state index in [0.29, 0.717) is 0 Å². The standard InChI is InChI=1S/C12H21NO3/c14-12(15)11(10-6-5-9-16-10)13-7-3-1-2-4-8-13/h10-11H,1-9H2,(H,14,15). The van der Waals surface area contributed by atoms with Crippen LogP contribution in [0.2, 0.25) is 0 Å². The fraction of sp³-hybridized carbons (Fsp3) is 0.917. The van der Waals surface area contributed by atoms with Gasteiger partial charge in [-0.3, -0.25) is 9.69 Å². The number of likely N-dealkylation sites (tertiary alicyclic amines) is 1. The van der Waals surface area contributed by atoms with Crippen LogP contribution >= 0.6 is 0 Å². The summed E-state index contributed by atoms with van der Waals surface area (Å²) in [6.07, 6.45) is 6.52. The molecule has 4 nitrogen and oxygen atoms in total. The van der Waals surface area contributed by atoms with E-state index in [-0.39, 0.29) is 6.10 Å². The van der Waals surface area contributed by atoms with Crippen molar-refractivity contribution in [2.45, 2.75) is 50.7 Å². The van der Waals surface area contributed by atoms with Gasteiger partial charge in [-0.2, -0.15) is 0 Å². The van der Waals surface area contributed by atoms with E-state index in [4.69, 9.17) is 4.74 Å². The van der Waals surface area contributed by atoms with Crippen LogP contribution in [0.4, 0.5) is 0 Å². The lowest BCUT2D eigenvalue weighted by molar-refractivity contribution is -0.148. The van der Waals surface area contributed by atoms with E-state index in [0.717, 1.165) is 45.4 Å². The molecule has 0 aromatic carbocycles. The highest BCUT2D eigenvalue weighted by molar-refractivity contribution is 5.74. The van der Waals surface area contributed by atoms with Gasteiger partial charge in [0, 0.05) is 6.61 Å². The fourth-order valence-corrected chi connectivity index (χ4v) is 2.78. The van der Waals surface area contributed by atoms with Crippen molar-refractivity contribution in [1.82, 2.24) is 4.90 Å². The minimum atomic E-state index is -0.714. The van der Waals surface area contributed by atoms with Crippen molar-refractivity contribution in [2.75, 3.05) is 19.7 Å². The zero-order chi connectivity index (χ0) is 11.4. The van der Waals surface area contributed by atoms with E-state index in [2.05, 4.69) is 4.90 Å². The van der Waals surface area contributed by atoms with Crippen molar-refractivity contribution in [3.8, 4) is 0 Å². The number of carbonyl (C=O) groups is 1. The maximum absolute atomic E-state index is 11.4. The third-order valence-corrected chi connectivity index (χ3v) is 3.60. The number of aliphatic carboxylic acids is 1. The first-order valence-electron chi connectivity index (χ1n) is 6.37. The summed E-state index contributed by atoms with van der Waals surface area (Å²) in [6, 6.07) is -0.416. The lowest BCUT2D eigenvalue weighted by atomic mass is 10.1. The van der Waals surface area contributed by atoms with Crippen molar-refractivity contribution < 1.29 is 14.6 Å². The predicted octanol–water partition coefficient (Wildman–Crippen LogP) is 1.49. The molecule has 2 aliphatic heterocycles. The van der Waals surface area contributed by atoms with Crippen LogP contribution < -0.4 is 0 Å². The number of ether oxygens (including phenoxy) is 1. The van der Waals surface area contributed by atoms with Crippen LogP contribution in [0.1, 0.15) is 38.5 Å². The van der Waals surface area contributed by atoms with Gasteiger partial charge in [-0.15, -0.1) is 0 Å². The number of rotatable bonds is 3. The van der Waals surface area contributed by atoms with Gasteiger partial charge in [-0.25, -0.2) is 0 Å². The molecule has 0 aliphatic carbocycles. The van der Waals surface area contributed by atoms with E-state index in [1.165, 1.54) is 12.8 Å². The quantitative estimate of drug-likeness (QED) is 0.793. The predicted molar refractivity (Wildman–Crippen MR) is 60.4 cm³/mol. The SMILES string of the molecule is O=C(O)C(C1CCCO1)N1CCCCCC1. The average Bonchev–Trinajstić information content (AvgIpc) is 2.62. The van der Waals surface area contributed by atoms with Crippen molar-refractivity contribution in [2.24, 2.45) is 0 Å². The second kappa shape index (κ2) is 5.64. The molecule has 2 atom stereocenters. The molecule has 0 aromatic heterocycles. The Morgan fingerprint density at radius 3 is 2.38 bits per heavy atom. The van der Waals surface area contributed by atoms with E-state index >= 15 is 0 Å². The number of carboxylic acid groups (broad SMARTS) is 1. The Hall–Kier alpha value is -0.610. The topological polar surface area (TPSA) is 49.8 Å². The second-order valence-corrected chi connectivity index (χ2v) is 4.78. The third-order valence-electron chi connectivity index (χ3n) is 3.60. The number of carboxylic acids is 1. The van der Waals surface area contributed by atoms with Crippen molar-refractivity contribution in [3.05, 3.63) is 0 Å². The van der Waals surface area contributed by atoms with Crippen LogP contribution in [-0.2, 0) is 9.53 Å². The van der Waals surface area contributed by atoms with Crippen LogP contribution in [0.5, 0.6) is 0 Å². The van der Waals surface area contributed by atoms with E-state index in [1.54, 1.807) is 0 Å². The summed E-state index contributed by atoms with van der Waals surface area (Å²) >= 11 is 0. The van der Waals surface area contributed by atoms with Gasteiger partial charge in [0.25, 0.3) is 0 Å². The van der Waals surface area contributed by atoms with Gasteiger partial charge in [-0.1, -0.05) is 12.8 Å². The first-order valence-corrected chi connectivity index (χ1v) is 6.37. The average molecular weight is 227 g/mol. The Kier molecular flexibility index (Phi) is 4.18. The van der Waals surface area contributed by atoms with Crippen LogP contribution in [0.3, 0.4) is 0 Å². The van der Waals surface area contributed by atoms with Crippen LogP contribution in [0.25, 0.3) is 0 Å². The van der Waals surface area contributed by atoms with Crippen LogP contribution in [0, 0.1) is 0 Å². The molecule has 92 valence electrons. The van der Waals surface area contributed by atoms with Crippen molar-refractivity contribution >= 4 is 5.97 Å². The zero-order valence-electron chi connectivity index (χ0n) is 9.73. The molecule has 0 amide bonds. The summed E-state index contributed by atoms with van der Waals surface area (Å²) < 4.78 is 5.55. The molecule has 2 aliphatic rings. The Balaban J connectivity index is 2.01. The van der Waals surface area contributed by atoms with E-state index in [9.17, 15) is 9.90 Å². The maximum Gasteiger partial charge on any atom is 0.323 e. The normalized spacial score (nSPS) is 29.9. The summed E-state index contributed by atoms with van der Waals surface area (Å²) in [5.41, 5.74) is 0. The molecule has 0 aromatic rings. The monoisotopic (exact) mass is 227 g/mol. The molecule has 0 spiro atoms. The van der Waals surface area contributed by atoms with Gasteiger partial charge in [0.05, 0.1) is 6.10 Å². The number of hydrogen-bond donors (Lipinski definition) is 1. The van der Waals surface area contributed by atoms with Crippen molar-refractivity contribution in [3.63, 3.8) is 0 Å². The molecule has 2 fully saturated rings. The second-order valence-electron chi connectivity index (χ2n) is 4.78. The molecule has 1 N–H and O–H groups in total.